The van der Waals surface area contributed by atoms with E-state index in [4.69, 9.17) is 9.47 Å². The van der Waals surface area contributed by atoms with Crippen molar-refractivity contribution in [1.82, 2.24) is 0 Å². The van der Waals surface area contributed by atoms with Crippen LogP contribution in [0.4, 0.5) is 0 Å². The lowest BCUT2D eigenvalue weighted by atomic mass is 10.0. The van der Waals surface area contributed by atoms with Crippen LogP contribution in [0.1, 0.15) is 102 Å². The molecular weight excluding hydrogens is 408 g/mol. The van der Waals surface area contributed by atoms with Crippen molar-refractivity contribution in [3.05, 3.63) is 65.7 Å². The first kappa shape index (κ1) is 27.0. The minimum Gasteiger partial charge on any atom is -0.489 e. The third-order valence-electron chi connectivity index (χ3n) is 6.06. The zero-order valence-electron chi connectivity index (χ0n) is 20.7. The molecule has 0 radical (unpaired) electrons. The topological polar surface area (TPSA) is 35.5 Å². The predicted molar refractivity (Wildman–Crippen MR) is 138 cm³/mol. The normalized spacial score (nSPS) is 10.8. The van der Waals surface area contributed by atoms with Gasteiger partial charge in [0.2, 0.25) is 0 Å². The van der Waals surface area contributed by atoms with Crippen molar-refractivity contribution < 1.29 is 14.3 Å². The molecular formula is C30H44O3. The number of carbonyl (C=O) groups excluding carboxylic acids is 1. The summed E-state index contributed by atoms with van der Waals surface area (Å²) in [6.45, 7) is 3.28. The zero-order chi connectivity index (χ0) is 23.4. The molecule has 0 saturated carbocycles. The molecule has 0 aliphatic heterocycles. The molecule has 2 rings (SSSR count). The molecule has 2 aromatic rings. The second kappa shape index (κ2) is 18.2. The SMILES string of the molecule is CCCCCCCCCCCCCCC(=O)OCCc1ccc(OCc2ccccc2)cc1. The van der Waals surface area contributed by atoms with E-state index in [0.29, 0.717) is 19.6 Å². The average Bonchev–Trinajstić information content (AvgIpc) is 2.85. The van der Waals surface area contributed by atoms with E-state index in [1.54, 1.807) is 0 Å². The van der Waals surface area contributed by atoms with Crippen molar-refractivity contribution in [1.29, 1.82) is 0 Å². The maximum Gasteiger partial charge on any atom is 0.305 e. The summed E-state index contributed by atoms with van der Waals surface area (Å²) in [4.78, 5) is 11.9. The van der Waals surface area contributed by atoms with Crippen molar-refractivity contribution in [3.8, 4) is 5.75 Å². The Morgan fingerprint density at radius 3 is 1.85 bits per heavy atom. The fraction of sp³-hybridized carbons (Fsp3) is 0.567. The molecule has 0 heterocycles. The van der Waals surface area contributed by atoms with Crippen molar-refractivity contribution in [2.24, 2.45) is 0 Å². The lowest BCUT2D eigenvalue weighted by molar-refractivity contribution is -0.143. The van der Waals surface area contributed by atoms with Gasteiger partial charge in [0, 0.05) is 12.8 Å². The van der Waals surface area contributed by atoms with Crippen molar-refractivity contribution in [2.45, 2.75) is 103 Å². The van der Waals surface area contributed by atoms with E-state index >= 15 is 0 Å². The van der Waals surface area contributed by atoms with Gasteiger partial charge in [0.05, 0.1) is 6.61 Å². The maximum atomic E-state index is 11.9. The Bertz CT molecular complexity index is 724. The summed E-state index contributed by atoms with van der Waals surface area (Å²) in [6.07, 6.45) is 16.9. The summed E-state index contributed by atoms with van der Waals surface area (Å²) < 4.78 is 11.2. The first-order valence-corrected chi connectivity index (χ1v) is 13.2. The van der Waals surface area contributed by atoms with Gasteiger partial charge >= 0.3 is 5.97 Å². The third-order valence-corrected chi connectivity index (χ3v) is 6.06. The zero-order valence-corrected chi connectivity index (χ0v) is 20.7. The van der Waals surface area contributed by atoms with E-state index in [1.165, 1.54) is 64.2 Å². The smallest absolute Gasteiger partial charge is 0.305 e. The molecule has 0 aliphatic rings. The van der Waals surface area contributed by atoms with Crippen LogP contribution in [0.5, 0.6) is 5.75 Å². The lowest BCUT2D eigenvalue weighted by Gasteiger charge is -2.08. The van der Waals surface area contributed by atoms with Gasteiger partial charge in [-0.3, -0.25) is 4.79 Å². The highest BCUT2D eigenvalue weighted by molar-refractivity contribution is 5.69. The largest absolute Gasteiger partial charge is 0.489 e. The fourth-order valence-electron chi connectivity index (χ4n) is 3.96. The highest BCUT2D eigenvalue weighted by Crippen LogP contribution is 2.15. The van der Waals surface area contributed by atoms with E-state index < -0.39 is 0 Å². The van der Waals surface area contributed by atoms with Crippen LogP contribution in [-0.2, 0) is 22.6 Å². The summed E-state index contributed by atoms with van der Waals surface area (Å²) in [7, 11) is 0. The molecule has 3 nitrogen and oxygen atoms in total. The predicted octanol–water partition coefficient (Wildman–Crippen LogP) is 8.44. The molecule has 182 valence electrons. The Morgan fingerprint density at radius 1 is 0.667 bits per heavy atom. The number of ether oxygens (including phenoxy) is 2. The molecule has 0 aliphatic carbocycles. The molecule has 0 amide bonds. The molecule has 33 heavy (non-hydrogen) atoms. The number of hydrogen-bond acceptors (Lipinski definition) is 3. The van der Waals surface area contributed by atoms with E-state index in [-0.39, 0.29) is 5.97 Å². The molecule has 0 saturated heterocycles. The monoisotopic (exact) mass is 452 g/mol. The molecule has 0 unspecified atom stereocenters. The molecule has 0 aromatic heterocycles. The Morgan fingerprint density at radius 2 is 1.24 bits per heavy atom. The van der Waals surface area contributed by atoms with Gasteiger partial charge in [-0.05, 0) is 29.7 Å². The van der Waals surface area contributed by atoms with Gasteiger partial charge in [0.15, 0.2) is 0 Å². The fourth-order valence-corrected chi connectivity index (χ4v) is 3.96. The molecule has 0 atom stereocenters. The molecule has 0 N–H and O–H groups in total. The molecule has 0 spiro atoms. The van der Waals surface area contributed by atoms with E-state index in [9.17, 15) is 4.79 Å². The van der Waals surface area contributed by atoms with Gasteiger partial charge in [-0.2, -0.15) is 0 Å². The third kappa shape index (κ3) is 13.8. The Balaban J connectivity index is 1.42. The van der Waals surface area contributed by atoms with Gasteiger partial charge in [-0.1, -0.05) is 120 Å². The van der Waals surface area contributed by atoms with Gasteiger partial charge in [0.1, 0.15) is 12.4 Å². The van der Waals surface area contributed by atoms with E-state index in [1.807, 2.05) is 42.5 Å². The van der Waals surface area contributed by atoms with Crippen molar-refractivity contribution in [3.63, 3.8) is 0 Å². The van der Waals surface area contributed by atoms with Gasteiger partial charge < -0.3 is 9.47 Å². The minimum atomic E-state index is -0.0649. The first-order chi connectivity index (χ1) is 16.3. The Labute approximate surface area is 201 Å². The maximum absolute atomic E-state index is 11.9. The quantitative estimate of drug-likeness (QED) is 0.158. The number of rotatable bonds is 19. The molecule has 0 bridgehead atoms. The van der Waals surface area contributed by atoms with E-state index in [0.717, 1.165) is 36.1 Å². The minimum absolute atomic E-state index is 0.0649. The molecule has 0 fully saturated rings. The van der Waals surface area contributed by atoms with Crippen LogP contribution in [0.2, 0.25) is 0 Å². The number of unbranched alkanes of at least 4 members (excludes halogenated alkanes) is 11. The molecule has 2 aromatic carbocycles. The van der Waals surface area contributed by atoms with Crippen LogP contribution in [0.25, 0.3) is 0 Å². The number of hydrogen-bond donors (Lipinski definition) is 0. The highest BCUT2D eigenvalue weighted by Gasteiger charge is 2.04. The van der Waals surface area contributed by atoms with Crippen LogP contribution in [0.15, 0.2) is 54.6 Å². The summed E-state index contributed by atoms with van der Waals surface area (Å²) in [5, 5.41) is 0. The van der Waals surface area contributed by atoms with Crippen LogP contribution in [-0.4, -0.2) is 12.6 Å². The second-order valence-corrected chi connectivity index (χ2v) is 9.03. The summed E-state index contributed by atoms with van der Waals surface area (Å²) in [5.41, 5.74) is 2.31. The summed E-state index contributed by atoms with van der Waals surface area (Å²) in [5.74, 6) is 0.788. The Kier molecular flexibility index (Phi) is 14.8. The standard InChI is InChI=1S/C30H44O3/c1-2-3-4-5-6-7-8-9-10-11-12-16-19-30(31)32-25-24-27-20-22-29(23-21-27)33-26-28-17-14-13-15-18-28/h13-15,17-18,20-23H,2-12,16,19,24-26H2,1H3. The average molecular weight is 453 g/mol. The number of esters is 1. The van der Waals surface area contributed by atoms with Gasteiger partial charge in [-0.25, -0.2) is 0 Å². The van der Waals surface area contributed by atoms with Gasteiger partial charge in [0.25, 0.3) is 0 Å². The highest BCUT2D eigenvalue weighted by atomic mass is 16.5. The van der Waals surface area contributed by atoms with Crippen LogP contribution >= 0.6 is 0 Å². The second-order valence-electron chi connectivity index (χ2n) is 9.03. The first-order valence-electron chi connectivity index (χ1n) is 13.2. The lowest BCUT2D eigenvalue weighted by Crippen LogP contribution is -2.07. The Hall–Kier alpha value is -2.29. The molecule has 3 heteroatoms. The van der Waals surface area contributed by atoms with Crippen LogP contribution in [0, 0.1) is 0 Å². The summed E-state index contributed by atoms with van der Waals surface area (Å²) in [6, 6.07) is 18.2. The van der Waals surface area contributed by atoms with Gasteiger partial charge in [-0.15, -0.1) is 0 Å². The van der Waals surface area contributed by atoms with Crippen molar-refractivity contribution in [2.75, 3.05) is 6.61 Å². The van der Waals surface area contributed by atoms with Crippen molar-refractivity contribution >= 4 is 5.97 Å². The van der Waals surface area contributed by atoms with Crippen LogP contribution in [0.3, 0.4) is 0 Å². The number of benzene rings is 2. The van der Waals surface area contributed by atoms with Crippen LogP contribution < -0.4 is 4.74 Å². The number of carbonyl (C=O) groups is 1. The summed E-state index contributed by atoms with van der Waals surface area (Å²) >= 11 is 0. The van der Waals surface area contributed by atoms with E-state index in [2.05, 4.69) is 19.1 Å².